The van der Waals surface area contributed by atoms with Crippen LogP contribution in [0.1, 0.15) is 12.8 Å². The second-order valence-corrected chi connectivity index (χ2v) is 4.48. The van der Waals surface area contributed by atoms with Crippen LogP contribution in [0.4, 0.5) is 0 Å². The summed E-state index contributed by atoms with van der Waals surface area (Å²) in [6, 6.07) is 0. The van der Waals surface area contributed by atoms with E-state index in [4.69, 9.17) is 5.53 Å². The van der Waals surface area contributed by atoms with Crippen molar-refractivity contribution >= 4 is 5.91 Å². The number of imidazole rings is 1. The minimum Gasteiger partial charge on any atom is -0.342 e. The van der Waals surface area contributed by atoms with E-state index in [0.717, 1.165) is 19.5 Å². The summed E-state index contributed by atoms with van der Waals surface area (Å²) in [4.78, 5) is 20.3. The SMILES string of the molecule is [N-]=[N+]=NCC1CC(=O)N(CCCn2ccnc2)C1. The van der Waals surface area contributed by atoms with Gasteiger partial charge in [0.05, 0.1) is 6.33 Å². The fraction of sp³-hybridized carbons (Fsp3) is 0.636. The van der Waals surface area contributed by atoms with E-state index < -0.39 is 0 Å². The van der Waals surface area contributed by atoms with Gasteiger partial charge in [-0.1, -0.05) is 5.11 Å². The summed E-state index contributed by atoms with van der Waals surface area (Å²) in [5.41, 5.74) is 8.26. The molecule has 1 unspecified atom stereocenters. The second kappa shape index (κ2) is 6.07. The predicted molar refractivity (Wildman–Crippen MR) is 65.5 cm³/mol. The number of amides is 1. The van der Waals surface area contributed by atoms with Gasteiger partial charge in [-0.25, -0.2) is 4.98 Å². The maximum atomic E-state index is 11.7. The Kier molecular flexibility index (Phi) is 4.20. The van der Waals surface area contributed by atoms with Crippen LogP contribution < -0.4 is 0 Å². The third kappa shape index (κ3) is 3.24. The minimum absolute atomic E-state index is 0.166. The molecular formula is C11H16N6O. The number of carbonyl (C=O) groups excluding carboxylic acids is 1. The molecule has 1 amide bonds. The molecule has 1 aliphatic rings. The summed E-state index contributed by atoms with van der Waals surface area (Å²) in [6.45, 7) is 2.75. The van der Waals surface area contributed by atoms with E-state index in [2.05, 4.69) is 15.0 Å². The fourth-order valence-corrected chi connectivity index (χ4v) is 2.21. The molecule has 2 rings (SSSR count). The van der Waals surface area contributed by atoms with Crippen LogP contribution in [0, 0.1) is 5.92 Å². The largest absolute Gasteiger partial charge is 0.342 e. The molecule has 2 heterocycles. The van der Waals surface area contributed by atoms with Crippen molar-refractivity contribution in [3.8, 4) is 0 Å². The van der Waals surface area contributed by atoms with E-state index in [-0.39, 0.29) is 11.8 Å². The number of likely N-dealkylation sites (tertiary alicyclic amines) is 1. The summed E-state index contributed by atoms with van der Waals surface area (Å²) in [7, 11) is 0. The van der Waals surface area contributed by atoms with Gasteiger partial charge in [-0.15, -0.1) is 0 Å². The van der Waals surface area contributed by atoms with Gasteiger partial charge in [0.2, 0.25) is 5.91 Å². The Morgan fingerprint density at radius 1 is 1.56 bits per heavy atom. The van der Waals surface area contributed by atoms with E-state index in [9.17, 15) is 4.79 Å². The predicted octanol–water partition coefficient (Wildman–Crippen LogP) is 1.43. The van der Waals surface area contributed by atoms with E-state index in [1.807, 2.05) is 15.7 Å². The molecule has 0 aromatic carbocycles. The first-order chi connectivity index (χ1) is 8.79. The maximum Gasteiger partial charge on any atom is 0.222 e. The Morgan fingerprint density at radius 3 is 3.17 bits per heavy atom. The van der Waals surface area contributed by atoms with Gasteiger partial charge in [0.25, 0.3) is 0 Å². The number of nitrogens with zero attached hydrogens (tertiary/aromatic N) is 6. The van der Waals surface area contributed by atoms with Crippen molar-refractivity contribution in [2.24, 2.45) is 11.0 Å². The average molecular weight is 248 g/mol. The van der Waals surface area contributed by atoms with E-state index >= 15 is 0 Å². The number of rotatable bonds is 6. The standard InChI is InChI=1S/C11H16N6O/c12-15-14-7-10-6-11(18)17(8-10)4-1-3-16-5-2-13-9-16/h2,5,9-10H,1,3-4,6-8H2. The zero-order valence-corrected chi connectivity index (χ0v) is 10.1. The molecule has 0 radical (unpaired) electrons. The summed E-state index contributed by atoms with van der Waals surface area (Å²) < 4.78 is 2.00. The zero-order valence-electron chi connectivity index (χ0n) is 10.1. The molecule has 1 aliphatic heterocycles. The monoisotopic (exact) mass is 248 g/mol. The van der Waals surface area contributed by atoms with Crippen molar-refractivity contribution in [2.45, 2.75) is 19.4 Å². The lowest BCUT2D eigenvalue weighted by Crippen LogP contribution is -2.27. The number of azide groups is 1. The Labute approximate surface area is 105 Å². The molecule has 0 N–H and O–H groups in total. The Morgan fingerprint density at radius 2 is 2.44 bits per heavy atom. The smallest absolute Gasteiger partial charge is 0.222 e. The highest BCUT2D eigenvalue weighted by Crippen LogP contribution is 2.18. The molecule has 0 spiro atoms. The van der Waals surface area contributed by atoms with Gasteiger partial charge in [0.1, 0.15) is 0 Å². The topological polar surface area (TPSA) is 86.9 Å². The molecule has 0 saturated carbocycles. The molecular weight excluding hydrogens is 232 g/mol. The lowest BCUT2D eigenvalue weighted by Gasteiger charge is -2.16. The van der Waals surface area contributed by atoms with Gasteiger partial charge in [-0.2, -0.15) is 0 Å². The lowest BCUT2D eigenvalue weighted by atomic mass is 10.1. The Balaban J connectivity index is 1.73. The third-order valence-electron chi connectivity index (χ3n) is 3.10. The van der Waals surface area contributed by atoms with E-state index in [1.165, 1.54) is 0 Å². The van der Waals surface area contributed by atoms with Crippen LogP contribution in [0.15, 0.2) is 23.8 Å². The van der Waals surface area contributed by atoms with Crippen LogP contribution in [-0.4, -0.2) is 40.0 Å². The number of hydrogen-bond donors (Lipinski definition) is 0. The molecule has 1 atom stereocenters. The molecule has 1 aromatic heterocycles. The number of aryl methyl sites for hydroxylation is 1. The minimum atomic E-state index is 0.166. The first-order valence-corrected chi connectivity index (χ1v) is 6.04. The van der Waals surface area contributed by atoms with E-state index in [1.54, 1.807) is 12.5 Å². The average Bonchev–Trinajstić information content (AvgIpc) is 2.98. The van der Waals surface area contributed by atoms with Crippen molar-refractivity contribution in [3.05, 3.63) is 29.2 Å². The van der Waals surface area contributed by atoms with Crippen LogP contribution in [0.25, 0.3) is 10.4 Å². The van der Waals surface area contributed by atoms with Gasteiger partial charge in [-0.05, 0) is 17.9 Å². The van der Waals surface area contributed by atoms with Gasteiger partial charge in [0.15, 0.2) is 0 Å². The van der Waals surface area contributed by atoms with Crippen LogP contribution in [-0.2, 0) is 11.3 Å². The zero-order chi connectivity index (χ0) is 12.8. The van der Waals surface area contributed by atoms with Gasteiger partial charge in [-0.3, -0.25) is 4.79 Å². The second-order valence-electron chi connectivity index (χ2n) is 4.48. The highest BCUT2D eigenvalue weighted by molar-refractivity contribution is 5.78. The van der Waals surface area contributed by atoms with Gasteiger partial charge in [0, 0.05) is 49.9 Å². The quantitative estimate of drug-likeness (QED) is 0.433. The van der Waals surface area contributed by atoms with Crippen LogP contribution >= 0.6 is 0 Å². The van der Waals surface area contributed by atoms with Crippen LogP contribution in [0.5, 0.6) is 0 Å². The molecule has 7 heteroatoms. The molecule has 96 valence electrons. The summed E-state index contributed by atoms with van der Waals surface area (Å²) in [6.07, 6.45) is 6.85. The van der Waals surface area contributed by atoms with Gasteiger partial charge >= 0.3 is 0 Å². The molecule has 7 nitrogen and oxygen atoms in total. The Bertz CT molecular complexity index is 436. The van der Waals surface area contributed by atoms with Crippen molar-refractivity contribution in [1.82, 2.24) is 14.5 Å². The summed E-state index contributed by atoms with van der Waals surface area (Å²) in [5, 5.41) is 3.53. The summed E-state index contributed by atoms with van der Waals surface area (Å²) >= 11 is 0. The van der Waals surface area contributed by atoms with Crippen molar-refractivity contribution in [3.63, 3.8) is 0 Å². The first-order valence-electron chi connectivity index (χ1n) is 6.04. The number of aromatic nitrogens is 2. The van der Waals surface area contributed by atoms with Crippen LogP contribution in [0.2, 0.25) is 0 Å². The fourth-order valence-electron chi connectivity index (χ4n) is 2.21. The lowest BCUT2D eigenvalue weighted by molar-refractivity contribution is -0.127. The maximum absolute atomic E-state index is 11.7. The van der Waals surface area contributed by atoms with Crippen molar-refractivity contribution < 1.29 is 4.79 Å². The highest BCUT2D eigenvalue weighted by atomic mass is 16.2. The van der Waals surface area contributed by atoms with Crippen molar-refractivity contribution in [1.29, 1.82) is 0 Å². The Hall–Kier alpha value is -2.01. The molecule has 18 heavy (non-hydrogen) atoms. The molecule has 0 aliphatic carbocycles. The molecule has 1 aromatic rings. The third-order valence-corrected chi connectivity index (χ3v) is 3.10. The molecule has 0 bridgehead atoms. The van der Waals surface area contributed by atoms with Crippen LogP contribution in [0.3, 0.4) is 0 Å². The molecule has 1 fully saturated rings. The van der Waals surface area contributed by atoms with Crippen molar-refractivity contribution in [2.75, 3.05) is 19.6 Å². The number of hydrogen-bond acceptors (Lipinski definition) is 3. The number of carbonyl (C=O) groups is 1. The summed E-state index contributed by atoms with van der Waals surface area (Å²) in [5.74, 6) is 0.348. The molecule has 1 saturated heterocycles. The van der Waals surface area contributed by atoms with Gasteiger partial charge < -0.3 is 9.47 Å². The normalized spacial score (nSPS) is 19.0. The highest BCUT2D eigenvalue weighted by Gasteiger charge is 2.28. The van der Waals surface area contributed by atoms with E-state index in [0.29, 0.717) is 19.5 Å². The first kappa shape index (κ1) is 12.4.